The van der Waals surface area contributed by atoms with Crippen LogP contribution in [0.25, 0.3) is 0 Å². The summed E-state index contributed by atoms with van der Waals surface area (Å²) < 4.78 is 0. The van der Waals surface area contributed by atoms with E-state index in [4.69, 9.17) is 0 Å². The van der Waals surface area contributed by atoms with E-state index >= 15 is 0 Å². The second-order valence-electron chi connectivity index (χ2n) is 4.88. The average molecular weight is 192 g/mol. The molecule has 78 valence electrons. The minimum Gasteiger partial charge on any atom is -0.295 e. The van der Waals surface area contributed by atoms with Crippen molar-refractivity contribution in [2.24, 2.45) is 11.3 Å². The van der Waals surface area contributed by atoms with E-state index in [2.05, 4.69) is 32.9 Å². The molecule has 0 amide bonds. The SMILES string of the molecule is C/C=C/CC1C(C)=CC(=O)CC1(C)C. The van der Waals surface area contributed by atoms with Crippen molar-refractivity contribution in [3.63, 3.8) is 0 Å². The van der Waals surface area contributed by atoms with Gasteiger partial charge in [-0.25, -0.2) is 0 Å². The first-order chi connectivity index (χ1) is 6.47. The standard InChI is InChI=1S/C13H20O/c1-5-6-7-12-10(2)8-11(14)9-13(12,3)4/h5-6,8,12H,7,9H2,1-4H3/b6-5+. The van der Waals surface area contributed by atoms with Gasteiger partial charge in [0.15, 0.2) is 5.78 Å². The van der Waals surface area contributed by atoms with E-state index < -0.39 is 0 Å². The smallest absolute Gasteiger partial charge is 0.156 e. The van der Waals surface area contributed by atoms with E-state index in [1.165, 1.54) is 5.57 Å². The molecule has 0 heterocycles. The van der Waals surface area contributed by atoms with Gasteiger partial charge in [0.05, 0.1) is 0 Å². The molecular formula is C13H20O. The molecule has 1 aliphatic carbocycles. The second kappa shape index (κ2) is 4.12. The Morgan fingerprint density at radius 1 is 1.57 bits per heavy atom. The zero-order chi connectivity index (χ0) is 10.8. The third-order valence-corrected chi connectivity index (χ3v) is 3.12. The molecule has 1 heteroatoms. The Labute approximate surface area is 86.9 Å². The lowest BCUT2D eigenvalue weighted by Gasteiger charge is -2.37. The molecule has 1 nitrogen and oxygen atoms in total. The van der Waals surface area contributed by atoms with Crippen LogP contribution in [0.3, 0.4) is 0 Å². The van der Waals surface area contributed by atoms with Crippen LogP contribution in [0.2, 0.25) is 0 Å². The summed E-state index contributed by atoms with van der Waals surface area (Å²) in [5.41, 5.74) is 1.36. The van der Waals surface area contributed by atoms with E-state index in [-0.39, 0.29) is 11.2 Å². The van der Waals surface area contributed by atoms with Crippen molar-refractivity contribution in [3.05, 3.63) is 23.8 Å². The van der Waals surface area contributed by atoms with Crippen LogP contribution in [0.1, 0.15) is 40.5 Å². The molecule has 0 N–H and O–H groups in total. The molecule has 1 aliphatic rings. The molecule has 0 aromatic heterocycles. The summed E-state index contributed by atoms with van der Waals surface area (Å²) in [7, 11) is 0. The summed E-state index contributed by atoms with van der Waals surface area (Å²) in [6, 6.07) is 0. The fourth-order valence-electron chi connectivity index (χ4n) is 2.37. The first kappa shape index (κ1) is 11.2. The van der Waals surface area contributed by atoms with Gasteiger partial charge in [-0.3, -0.25) is 4.79 Å². The third-order valence-electron chi connectivity index (χ3n) is 3.12. The van der Waals surface area contributed by atoms with Crippen molar-refractivity contribution in [3.8, 4) is 0 Å². The van der Waals surface area contributed by atoms with Gasteiger partial charge < -0.3 is 0 Å². The molecule has 14 heavy (non-hydrogen) atoms. The van der Waals surface area contributed by atoms with Gasteiger partial charge in [-0.2, -0.15) is 0 Å². The number of ketones is 1. The molecule has 1 atom stereocenters. The largest absolute Gasteiger partial charge is 0.295 e. The Balaban J connectivity index is 2.89. The van der Waals surface area contributed by atoms with Crippen LogP contribution in [-0.4, -0.2) is 5.78 Å². The molecule has 1 unspecified atom stereocenters. The van der Waals surface area contributed by atoms with Gasteiger partial charge in [-0.1, -0.05) is 31.6 Å². The summed E-state index contributed by atoms with van der Waals surface area (Å²) in [6.07, 6.45) is 7.84. The zero-order valence-corrected chi connectivity index (χ0v) is 9.63. The monoisotopic (exact) mass is 192 g/mol. The number of rotatable bonds is 2. The zero-order valence-electron chi connectivity index (χ0n) is 9.63. The van der Waals surface area contributed by atoms with Crippen LogP contribution < -0.4 is 0 Å². The lowest BCUT2D eigenvalue weighted by Crippen LogP contribution is -2.31. The van der Waals surface area contributed by atoms with Crippen molar-refractivity contribution in [2.75, 3.05) is 0 Å². The quantitative estimate of drug-likeness (QED) is 0.612. The van der Waals surface area contributed by atoms with E-state index in [0.29, 0.717) is 12.3 Å². The Morgan fingerprint density at radius 3 is 2.71 bits per heavy atom. The highest BCUT2D eigenvalue weighted by molar-refractivity contribution is 5.91. The summed E-state index contributed by atoms with van der Waals surface area (Å²) in [4.78, 5) is 11.4. The highest BCUT2D eigenvalue weighted by Gasteiger charge is 2.34. The lowest BCUT2D eigenvalue weighted by atomic mass is 9.67. The first-order valence-electron chi connectivity index (χ1n) is 5.29. The normalized spacial score (nSPS) is 26.7. The average Bonchev–Trinajstić information content (AvgIpc) is 2.00. The summed E-state index contributed by atoms with van der Waals surface area (Å²) in [6.45, 7) is 8.50. The van der Waals surface area contributed by atoms with Gasteiger partial charge in [-0.15, -0.1) is 0 Å². The predicted octanol–water partition coefficient (Wildman–Crippen LogP) is 3.51. The molecule has 0 radical (unpaired) electrons. The van der Waals surface area contributed by atoms with Crippen LogP contribution in [0.15, 0.2) is 23.8 Å². The molecular weight excluding hydrogens is 172 g/mol. The highest BCUT2D eigenvalue weighted by Crippen LogP contribution is 2.41. The van der Waals surface area contributed by atoms with E-state index in [1.54, 1.807) is 0 Å². The minimum absolute atomic E-state index is 0.120. The van der Waals surface area contributed by atoms with Crippen LogP contribution in [0, 0.1) is 11.3 Å². The van der Waals surface area contributed by atoms with Crippen LogP contribution in [-0.2, 0) is 4.79 Å². The number of carbonyl (C=O) groups is 1. The molecule has 0 saturated heterocycles. The Bertz CT molecular complexity index is 282. The Hall–Kier alpha value is -0.850. The van der Waals surface area contributed by atoms with Gasteiger partial charge in [0.2, 0.25) is 0 Å². The Morgan fingerprint density at radius 2 is 2.21 bits per heavy atom. The van der Waals surface area contributed by atoms with Crippen molar-refractivity contribution >= 4 is 5.78 Å². The number of allylic oxidation sites excluding steroid dienone is 4. The van der Waals surface area contributed by atoms with Gasteiger partial charge >= 0.3 is 0 Å². The molecule has 0 bridgehead atoms. The van der Waals surface area contributed by atoms with Gasteiger partial charge in [0.25, 0.3) is 0 Å². The molecule has 0 aromatic carbocycles. The molecule has 0 aromatic rings. The summed E-state index contributed by atoms with van der Waals surface area (Å²) >= 11 is 0. The van der Waals surface area contributed by atoms with Crippen molar-refractivity contribution in [2.45, 2.75) is 40.5 Å². The number of carbonyl (C=O) groups excluding carboxylic acids is 1. The maximum Gasteiger partial charge on any atom is 0.156 e. The van der Waals surface area contributed by atoms with Crippen molar-refractivity contribution in [1.82, 2.24) is 0 Å². The summed E-state index contributed by atoms with van der Waals surface area (Å²) in [5.74, 6) is 0.806. The van der Waals surface area contributed by atoms with Gasteiger partial charge in [-0.05, 0) is 37.7 Å². The van der Waals surface area contributed by atoms with Crippen LogP contribution >= 0.6 is 0 Å². The predicted molar refractivity (Wildman–Crippen MR) is 60.1 cm³/mol. The fourth-order valence-corrected chi connectivity index (χ4v) is 2.37. The highest BCUT2D eigenvalue weighted by atomic mass is 16.1. The van der Waals surface area contributed by atoms with Crippen LogP contribution in [0.5, 0.6) is 0 Å². The molecule has 1 rings (SSSR count). The van der Waals surface area contributed by atoms with E-state index in [0.717, 1.165) is 6.42 Å². The number of hydrogen-bond donors (Lipinski definition) is 0. The first-order valence-corrected chi connectivity index (χ1v) is 5.29. The molecule has 0 fully saturated rings. The molecule has 0 spiro atoms. The fraction of sp³-hybridized carbons (Fsp3) is 0.615. The maximum absolute atomic E-state index is 11.4. The van der Waals surface area contributed by atoms with Crippen molar-refractivity contribution in [1.29, 1.82) is 0 Å². The Kier molecular flexibility index (Phi) is 3.30. The summed E-state index contributed by atoms with van der Waals surface area (Å²) in [5, 5.41) is 0. The number of hydrogen-bond acceptors (Lipinski definition) is 1. The van der Waals surface area contributed by atoms with Crippen molar-refractivity contribution < 1.29 is 4.79 Å². The van der Waals surface area contributed by atoms with Gasteiger partial charge in [0, 0.05) is 6.42 Å². The second-order valence-corrected chi connectivity index (χ2v) is 4.88. The molecule has 0 aliphatic heterocycles. The minimum atomic E-state index is 0.120. The van der Waals surface area contributed by atoms with E-state index in [1.807, 2.05) is 13.0 Å². The maximum atomic E-state index is 11.4. The van der Waals surface area contributed by atoms with Gasteiger partial charge in [0.1, 0.15) is 0 Å². The lowest BCUT2D eigenvalue weighted by molar-refractivity contribution is -0.117. The molecule has 0 saturated carbocycles. The van der Waals surface area contributed by atoms with Crippen LogP contribution in [0.4, 0.5) is 0 Å². The van der Waals surface area contributed by atoms with E-state index in [9.17, 15) is 4.79 Å². The topological polar surface area (TPSA) is 17.1 Å². The third kappa shape index (κ3) is 2.34.